The van der Waals surface area contributed by atoms with Gasteiger partial charge in [-0.3, -0.25) is 4.79 Å². The smallest absolute Gasteiger partial charge is 0.316 e. The Morgan fingerprint density at radius 3 is 1.33 bits per heavy atom. The second-order valence-electron chi connectivity index (χ2n) is 11.2. The molecule has 46 heavy (non-hydrogen) atoms. The van der Waals surface area contributed by atoms with Gasteiger partial charge in [-0.25, -0.2) is 0 Å². The van der Waals surface area contributed by atoms with Crippen molar-refractivity contribution in [2.45, 2.75) is 43.2 Å². The second kappa shape index (κ2) is 11.0. The molecule has 240 valence electrons. The first-order valence-corrected chi connectivity index (χ1v) is 13.9. The fourth-order valence-electron chi connectivity index (χ4n) is 6.02. The number of carboxylic acids is 1. The largest absolute Gasteiger partial charge is 0.507 e. The number of aliphatic carboxylic acids is 1. The van der Waals surface area contributed by atoms with Crippen LogP contribution < -0.4 is 9.47 Å². The normalized spacial score (nSPS) is 20.3. The molecule has 0 spiro atoms. The SMILES string of the molecule is O=C(O)C(c1c(O)cc2c(c1O)C[C@H](O)[C@@H](c1ccc(O)c(O)c1)O2)c1c(O)cc2c(c1O)C[C@H](O)[C@@H](c1ccc(O)c(O)c1)O2. The molecule has 6 rings (SSSR count). The molecule has 0 saturated heterocycles. The van der Waals surface area contributed by atoms with Gasteiger partial charge in [-0.15, -0.1) is 0 Å². The molecule has 2 aliphatic rings. The van der Waals surface area contributed by atoms with E-state index in [-0.39, 0.29) is 46.6 Å². The number of phenolic OH excluding ortho intramolecular Hbond substituents is 8. The van der Waals surface area contributed by atoms with E-state index in [0.717, 1.165) is 12.1 Å². The third-order valence-corrected chi connectivity index (χ3v) is 8.28. The number of hydrogen-bond donors (Lipinski definition) is 11. The first-order chi connectivity index (χ1) is 21.8. The molecule has 4 aromatic rings. The van der Waals surface area contributed by atoms with E-state index in [4.69, 9.17) is 9.47 Å². The highest BCUT2D eigenvalue weighted by atomic mass is 16.5. The van der Waals surface area contributed by atoms with Crippen LogP contribution in [0.2, 0.25) is 0 Å². The van der Waals surface area contributed by atoms with Crippen LogP contribution in [0.4, 0.5) is 0 Å². The lowest BCUT2D eigenvalue weighted by Crippen LogP contribution is -2.31. The summed E-state index contributed by atoms with van der Waals surface area (Å²) in [7, 11) is 0. The molecule has 4 aromatic carbocycles. The van der Waals surface area contributed by atoms with Crippen LogP contribution in [-0.4, -0.2) is 74.3 Å². The lowest BCUT2D eigenvalue weighted by atomic mass is 9.83. The van der Waals surface area contributed by atoms with E-state index in [1.54, 1.807) is 0 Å². The number of aliphatic hydroxyl groups excluding tert-OH is 2. The van der Waals surface area contributed by atoms with Crippen molar-refractivity contribution in [3.63, 3.8) is 0 Å². The minimum atomic E-state index is -2.07. The van der Waals surface area contributed by atoms with Gasteiger partial charge in [-0.05, 0) is 35.4 Å². The predicted molar refractivity (Wildman–Crippen MR) is 155 cm³/mol. The Bertz CT molecular complexity index is 1760. The third kappa shape index (κ3) is 4.89. The number of phenols is 8. The number of fused-ring (bicyclic) bond motifs is 2. The first kappa shape index (κ1) is 30.3. The monoisotopic (exact) mass is 636 g/mol. The van der Waals surface area contributed by atoms with Crippen molar-refractivity contribution < 1.29 is 70.4 Å². The zero-order valence-electron chi connectivity index (χ0n) is 23.6. The van der Waals surface area contributed by atoms with Crippen LogP contribution in [0.5, 0.6) is 57.5 Å². The summed E-state index contributed by atoms with van der Waals surface area (Å²) >= 11 is 0. The molecular formula is C32H28O14. The van der Waals surface area contributed by atoms with Crippen molar-refractivity contribution in [3.05, 3.63) is 81.9 Å². The number of hydrogen-bond acceptors (Lipinski definition) is 13. The van der Waals surface area contributed by atoms with Crippen molar-refractivity contribution in [2.75, 3.05) is 0 Å². The number of rotatable bonds is 5. The molecule has 0 unspecified atom stereocenters. The van der Waals surface area contributed by atoms with Gasteiger partial charge in [0, 0.05) is 36.1 Å². The van der Waals surface area contributed by atoms with Crippen molar-refractivity contribution >= 4 is 5.97 Å². The van der Waals surface area contributed by atoms with Gasteiger partial charge in [-0.1, -0.05) is 12.1 Å². The fourth-order valence-corrected chi connectivity index (χ4v) is 6.02. The molecule has 4 atom stereocenters. The summed E-state index contributed by atoms with van der Waals surface area (Å²) in [6, 6.07) is 9.51. The Morgan fingerprint density at radius 2 is 0.978 bits per heavy atom. The van der Waals surface area contributed by atoms with Crippen molar-refractivity contribution in [1.29, 1.82) is 0 Å². The van der Waals surface area contributed by atoms with Gasteiger partial charge in [0.1, 0.15) is 52.6 Å². The Hall–Kier alpha value is -5.73. The number of ether oxygens (including phenoxy) is 2. The number of aliphatic hydroxyl groups is 2. The Kier molecular flexibility index (Phi) is 7.25. The molecule has 0 fully saturated rings. The quantitative estimate of drug-likeness (QED) is 0.141. The van der Waals surface area contributed by atoms with E-state index >= 15 is 0 Å². The minimum absolute atomic E-state index is 0.0820. The lowest BCUT2D eigenvalue weighted by Gasteiger charge is -2.33. The number of aromatic hydroxyl groups is 8. The third-order valence-electron chi connectivity index (χ3n) is 8.28. The van der Waals surface area contributed by atoms with Crippen LogP contribution in [0.1, 0.15) is 51.5 Å². The van der Waals surface area contributed by atoms with Gasteiger partial charge in [0.15, 0.2) is 23.0 Å². The topological polar surface area (TPSA) is 258 Å². The average Bonchev–Trinajstić information content (AvgIpc) is 2.99. The maximum atomic E-state index is 12.7. The lowest BCUT2D eigenvalue weighted by molar-refractivity contribution is -0.137. The maximum Gasteiger partial charge on any atom is 0.316 e. The molecule has 2 heterocycles. The van der Waals surface area contributed by atoms with Crippen LogP contribution in [0, 0.1) is 0 Å². The highest BCUT2D eigenvalue weighted by Crippen LogP contribution is 2.54. The van der Waals surface area contributed by atoms with Gasteiger partial charge < -0.3 is 65.6 Å². The summed E-state index contributed by atoms with van der Waals surface area (Å²) in [5, 5.41) is 115. The summed E-state index contributed by atoms with van der Waals surface area (Å²) in [5.41, 5.74) is -0.885. The Morgan fingerprint density at radius 1 is 0.587 bits per heavy atom. The van der Waals surface area contributed by atoms with E-state index in [1.807, 2.05) is 0 Å². The molecule has 0 bridgehead atoms. The maximum absolute atomic E-state index is 12.7. The van der Waals surface area contributed by atoms with E-state index in [2.05, 4.69) is 0 Å². The van der Waals surface area contributed by atoms with Gasteiger partial charge in [0.2, 0.25) is 0 Å². The minimum Gasteiger partial charge on any atom is -0.507 e. The standard InChI is InChI=1S/C32H28O14/c33-15-3-1-11(5-17(15)35)30-21(39)7-13-23(45-30)9-19(37)25(28(13)41)27(32(43)44)26-20(38)10-24-14(29(26)42)8-22(40)31(46-24)12-2-4-16(34)18(36)6-12/h1-6,9-10,21-22,27,30-31,33-42H,7-8H2,(H,43,44)/t21-,22-,30+,31+/m0/s1. The highest BCUT2D eigenvalue weighted by molar-refractivity contribution is 5.86. The Balaban J connectivity index is 1.39. The van der Waals surface area contributed by atoms with E-state index < -0.39 is 93.4 Å². The molecule has 0 radical (unpaired) electrons. The molecule has 2 aliphatic heterocycles. The fraction of sp³-hybridized carbons (Fsp3) is 0.219. The molecule has 0 amide bonds. The summed E-state index contributed by atoms with van der Waals surface area (Å²) in [5.74, 6) is -8.88. The average molecular weight is 637 g/mol. The van der Waals surface area contributed by atoms with E-state index in [9.17, 15) is 61.0 Å². The molecule has 0 aromatic heterocycles. The second-order valence-corrected chi connectivity index (χ2v) is 11.2. The van der Waals surface area contributed by atoms with Crippen LogP contribution in [0.15, 0.2) is 48.5 Å². The van der Waals surface area contributed by atoms with Crippen molar-refractivity contribution in [2.24, 2.45) is 0 Å². The van der Waals surface area contributed by atoms with Crippen molar-refractivity contribution in [3.8, 4) is 57.5 Å². The van der Waals surface area contributed by atoms with Crippen LogP contribution in [0.3, 0.4) is 0 Å². The van der Waals surface area contributed by atoms with Crippen molar-refractivity contribution in [1.82, 2.24) is 0 Å². The molecule has 14 heteroatoms. The molecule has 0 saturated carbocycles. The summed E-state index contributed by atoms with van der Waals surface area (Å²) in [6.45, 7) is 0. The Labute approximate surface area is 259 Å². The zero-order chi connectivity index (χ0) is 33.2. The number of benzene rings is 4. The molecule has 11 N–H and O–H groups in total. The highest BCUT2D eigenvalue weighted by Gasteiger charge is 2.41. The first-order valence-electron chi connectivity index (χ1n) is 13.9. The summed E-state index contributed by atoms with van der Waals surface area (Å²) in [4.78, 5) is 12.7. The van der Waals surface area contributed by atoms with Crippen LogP contribution >= 0.6 is 0 Å². The summed E-state index contributed by atoms with van der Waals surface area (Å²) < 4.78 is 11.6. The van der Waals surface area contributed by atoms with E-state index in [1.165, 1.54) is 36.4 Å². The van der Waals surface area contributed by atoms with Gasteiger partial charge in [0.05, 0.1) is 23.3 Å². The van der Waals surface area contributed by atoms with Crippen LogP contribution in [-0.2, 0) is 17.6 Å². The van der Waals surface area contributed by atoms with Gasteiger partial charge in [-0.2, -0.15) is 0 Å². The zero-order valence-corrected chi connectivity index (χ0v) is 23.6. The van der Waals surface area contributed by atoms with E-state index in [0.29, 0.717) is 0 Å². The molecule has 14 nitrogen and oxygen atoms in total. The molecular weight excluding hydrogens is 608 g/mol. The van der Waals surface area contributed by atoms with Gasteiger partial charge in [0.25, 0.3) is 0 Å². The predicted octanol–water partition coefficient (Wildman–Crippen LogP) is 2.62. The molecule has 0 aliphatic carbocycles. The van der Waals surface area contributed by atoms with Crippen LogP contribution in [0.25, 0.3) is 0 Å². The van der Waals surface area contributed by atoms with Gasteiger partial charge >= 0.3 is 5.97 Å². The number of carboxylic acid groups (broad SMARTS) is 1. The summed E-state index contributed by atoms with van der Waals surface area (Å²) in [6.07, 6.45) is -5.49. The number of carbonyl (C=O) groups is 1.